The van der Waals surface area contributed by atoms with Crippen LogP contribution in [0.5, 0.6) is 0 Å². The third-order valence-electron chi connectivity index (χ3n) is 5.04. The minimum absolute atomic E-state index is 0.668. The van der Waals surface area contributed by atoms with Crippen molar-refractivity contribution in [3.8, 4) is 0 Å². The van der Waals surface area contributed by atoms with Gasteiger partial charge in [-0.1, -0.05) is 78.1 Å². The lowest BCUT2D eigenvalue weighted by Crippen LogP contribution is -2.25. The molecule has 0 fully saturated rings. The van der Waals surface area contributed by atoms with Crippen LogP contribution < -0.4 is 5.48 Å². The van der Waals surface area contributed by atoms with Crippen molar-refractivity contribution >= 4 is 31.9 Å². The van der Waals surface area contributed by atoms with E-state index in [9.17, 15) is 0 Å². The van der Waals surface area contributed by atoms with Gasteiger partial charge in [0, 0.05) is 0 Å². The lowest BCUT2D eigenvalue weighted by molar-refractivity contribution is -0.119. The van der Waals surface area contributed by atoms with E-state index in [1.807, 2.05) is 0 Å². The third kappa shape index (κ3) is 7.83. The van der Waals surface area contributed by atoms with Gasteiger partial charge in [0.25, 0.3) is 0 Å². The van der Waals surface area contributed by atoms with E-state index in [-0.39, 0.29) is 0 Å². The van der Waals surface area contributed by atoms with Crippen molar-refractivity contribution in [3.05, 3.63) is 32.5 Å². The van der Waals surface area contributed by atoms with E-state index >= 15 is 0 Å². The van der Waals surface area contributed by atoms with Crippen LogP contribution >= 0.6 is 31.9 Å². The van der Waals surface area contributed by atoms with E-state index < -0.39 is 0 Å². The minimum Gasteiger partial charge on any atom is -0.488 e. The second-order valence-electron chi connectivity index (χ2n) is 7.53. The normalized spacial score (nSPS) is 16.1. The maximum Gasteiger partial charge on any atom is 0.195 e. The Morgan fingerprint density at radius 3 is 1.90 bits per heavy atom. The molecule has 0 radical (unpaired) electrons. The van der Waals surface area contributed by atoms with Gasteiger partial charge in [0.2, 0.25) is 0 Å². The molecule has 0 saturated heterocycles. The van der Waals surface area contributed by atoms with Crippen molar-refractivity contribution in [1.29, 1.82) is 0 Å². The maximum atomic E-state index is 6.17. The molecule has 2 heterocycles. The third-order valence-corrected chi connectivity index (χ3v) is 6.49. The van der Waals surface area contributed by atoms with Crippen molar-refractivity contribution in [3.63, 3.8) is 0 Å². The van der Waals surface area contributed by atoms with Crippen molar-refractivity contribution in [2.75, 3.05) is 13.2 Å². The zero-order chi connectivity index (χ0) is 20.9. The quantitative estimate of drug-likeness (QED) is 0.163. The maximum absolute atomic E-state index is 6.17. The molecule has 0 atom stereocenters. The molecule has 29 heavy (non-hydrogen) atoms. The van der Waals surface area contributed by atoms with E-state index in [1.165, 1.54) is 64.2 Å². The molecule has 0 bridgehead atoms. The highest BCUT2D eigenvalue weighted by molar-refractivity contribution is 9.12. The van der Waals surface area contributed by atoms with E-state index in [4.69, 9.17) is 14.4 Å². The van der Waals surface area contributed by atoms with Gasteiger partial charge < -0.3 is 9.47 Å². The van der Waals surface area contributed by atoms with Crippen molar-refractivity contribution in [2.45, 2.75) is 90.9 Å². The number of nitrogens with one attached hydrogen (secondary N) is 1. The van der Waals surface area contributed by atoms with Crippen LogP contribution in [0.25, 0.3) is 0 Å². The first-order valence-electron chi connectivity index (χ1n) is 11.2. The minimum atomic E-state index is 0.668. The molecule has 7 heteroatoms. The van der Waals surface area contributed by atoms with Crippen molar-refractivity contribution in [1.82, 2.24) is 10.5 Å². The number of halogens is 2. The molecular formula is C22H36Br2N2O3. The van der Waals surface area contributed by atoms with Crippen LogP contribution in [0.1, 0.15) is 90.9 Å². The average Bonchev–Trinajstić information content (AvgIpc) is 3.22. The van der Waals surface area contributed by atoms with Gasteiger partial charge in [-0.25, -0.2) is 5.48 Å². The van der Waals surface area contributed by atoms with Gasteiger partial charge in [-0.3, -0.25) is 0 Å². The van der Waals surface area contributed by atoms with Crippen molar-refractivity contribution < 1.29 is 14.4 Å². The summed E-state index contributed by atoms with van der Waals surface area (Å²) in [6, 6.07) is 0. The van der Waals surface area contributed by atoms with Crippen LogP contribution in [0.15, 0.2) is 32.5 Å². The predicted octanol–water partition coefficient (Wildman–Crippen LogP) is 7.52. The van der Waals surface area contributed by atoms with Crippen LogP contribution in [-0.2, 0) is 14.4 Å². The number of ether oxygens (including phenoxy) is 2. The number of hydrogen-bond donors (Lipinski definition) is 1. The fraction of sp³-hybridized carbons (Fsp3) is 0.727. The summed E-state index contributed by atoms with van der Waals surface area (Å²) in [5, 5.41) is 1.66. The Kier molecular flexibility index (Phi) is 12.2. The lowest BCUT2D eigenvalue weighted by Gasteiger charge is -2.28. The number of hydrogen-bond acceptors (Lipinski definition) is 5. The Morgan fingerprint density at radius 2 is 1.31 bits per heavy atom. The SMILES string of the molecule is CCCCCCCCOC1=C(Br)C2=CNON2C(Br)=C1OCCCCCCCC. The molecule has 0 amide bonds. The van der Waals surface area contributed by atoms with E-state index in [2.05, 4.69) is 51.2 Å². The lowest BCUT2D eigenvalue weighted by atomic mass is 10.1. The van der Waals surface area contributed by atoms with Crippen LogP contribution in [-0.4, -0.2) is 18.3 Å². The highest BCUT2D eigenvalue weighted by Crippen LogP contribution is 2.42. The summed E-state index contributed by atoms with van der Waals surface area (Å²) < 4.78 is 13.9. The molecule has 2 aliphatic rings. The first kappa shape index (κ1) is 24.6. The summed E-state index contributed by atoms with van der Waals surface area (Å²) in [6.45, 7) is 5.83. The summed E-state index contributed by atoms with van der Waals surface area (Å²) >= 11 is 7.30. The molecule has 2 rings (SSSR count). The summed E-state index contributed by atoms with van der Waals surface area (Å²) in [5.74, 6) is 1.43. The summed E-state index contributed by atoms with van der Waals surface area (Å²) in [4.78, 5) is 5.46. The average molecular weight is 536 g/mol. The molecule has 0 aromatic rings. The topological polar surface area (TPSA) is 43.0 Å². The fourth-order valence-electron chi connectivity index (χ4n) is 3.31. The molecule has 5 nitrogen and oxygen atoms in total. The molecule has 0 aliphatic carbocycles. The number of rotatable bonds is 16. The summed E-state index contributed by atoms with van der Waals surface area (Å²) in [6.07, 6.45) is 16.6. The highest BCUT2D eigenvalue weighted by Gasteiger charge is 2.35. The van der Waals surface area contributed by atoms with Gasteiger partial charge in [-0.05, 0) is 44.7 Å². The number of fused-ring (bicyclic) bond motifs is 1. The second-order valence-corrected chi connectivity index (χ2v) is 9.07. The Bertz CT molecular complexity index is 591. The Labute approximate surface area is 193 Å². The van der Waals surface area contributed by atoms with E-state index in [0.29, 0.717) is 19.0 Å². The van der Waals surface area contributed by atoms with Gasteiger partial charge >= 0.3 is 0 Å². The molecule has 166 valence electrons. The largest absolute Gasteiger partial charge is 0.488 e. The predicted molar refractivity (Wildman–Crippen MR) is 125 cm³/mol. The Morgan fingerprint density at radius 1 is 0.793 bits per heavy atom. The fourth-order valence-corrected chi connectivity index (χ4v) is 4.44. The molecule has 0 saturated carbocycles. The summed E-state index contributed by atoms with van der Waals surface area (Å²) in [5.41, 5.74) is 3.65. The Hall–Kier alpha value is -0.660. The van der Waals surface area contributed by atoms with E-state index in [0.717, 1.165) is 33.4 Å². The molecule has 1 N–H and O–H groups in total. The van der Waals surface area contributed by atoms with Gasteiger partial charge in [0.15, 0.2) is 16.1 Å². The van der Waals surface area contributed by atoms with E-state index in [1.54, 1.807) is 11.3 Å². The highest BCUT2D eigenvalue weighted by atomic mass is 79.9. The van der Waals surface area contributed by atoms with Gasteiger partial charge in [0.05, 0.1) is 23.9 Å². The zero-order valence-corrected chi connectivity index (χ0v) is 21.1. The van der Waals surface area contributed by atoms with Gasteiger partial charge in [-0.2, -0.15) is 10.0 Å². The molecule has 0 aromatic heterocycles. The van der Waals surface area contributed by atoms with Gasteiger partial charge in [0.1, 0.15) is 5.70 Å². The number of nitrogens with zero attached hydrogens (tertiary/aromatic N) is 1. The van der Waals surface area contributed by atoms with Crippen LogP contribution in [0.2, 0.25) is 0 Å². The molecule has 0 spiro atoms. The molecule has 2 aliphatic heterocycles. The standard InChI is InChI=1S/C22H36Br2N2O3/c1-3-5-7-9-11-13-15-27-20-19(23)18-17-25-29-26(18)22(24)21(20)28-16-14-12-10-8-6-4-2/h17,25H,3-16H2,1-2H3. The Balaban J connectivity index is 1.87. The zero-order valence-electron chi connectivity index (χ0n) is 17.9. The monoisotopic (exact) mass is 534 g/mol. The van der Waals surface area contributed by atoms with Gasteiger partial charge in [-0.15, -0.1) is 0 Å². The number of unbranched alkanes of at least 4 members (excludes halogenated alkanes) is 10. The summed E-state index contributed by atoms with van der Waals surface area (Å²) in [7, 11) is 0. The molecule has 0 unspecified atom stereocenters. The first-order valence-corrected chi connectivity index (χ1v) is 12.8. The van der Waals surface area contributed by atoms with Crippen LogP contribution in [0, 0.1) is 0 Å². The molecular weight excluding hydrogens is 500 g/mol. The smallest absolute Gasteiger partial charge is 0.195 e. The second kappa shape index (κ2) is 14.4. The number of allylic oxidation sites excluding steroid dienone is 1. The van der Waals surface area contributed by atoms with Crippen molar-refractivity contribution in [2.24, 2.45) is 0 Å². The van der Waals surface area contributed by atoms with Crippen LogP contribution in [0.3, 0.4) is 0 Å². The van der Waals surface area contributed by atoms with Crippen LogP contribution in [0.4, 0.5) is 0 Å². The number of hydroxylamine groups is 3. The first-order chi connectivity index (χ1) is 14.2. The molecule has 0 aromatic carbocycles.